The number of fused-ring (bicyclic) bond motifs is 1. The molecule has 17 nitrogen and oxygen atoms in total. The molecule has 7 N–H and O–H groups in total. The topological polar surface area (TPSA) is 225 Å². The molecule has 4 aliphatic heterocycles. The number of amides is 1. The third-order valence-electron chi connectivity index (χ3n) is 13.6. The van der Waals surface area contributed by atoms with Gasteiger partial charge in [-0.3, -0.25) is 9.69 Å². The Balaban J connectivity index is 0.847. The number of aromatic carboxylic acids is 1. The molecular formula is C47H58ClN7O10S2. The normalized spacial score (nSPS) is 23.3. The number of benzene rings is 3. The van der Waals surface area contributed by atoms with Gasteiger partial charge in [-0.15, -0.1) is 11.3 Å². The number of hydrazine groups is 1. The van der Waals surface area contributed by atoms with Gasteiger partial charge in [0.05, 0.1) is 22.4 Å². The maximum Gasteiger partial charge on any atom is 0.349 e. The first-order valence-electron chi connectivity index (χ1n) is 22.4. The molecule has 4 unspecified atom stereocenters. The van der Waals surface area contributed by atoms with Crippen molar-refractivity contribution >= 4 is 67.9 Å². The van der Waals surface area contributed by atoms with E-state index in [2.05, 4.69) is 44.2 Å². The molecule has 3 saturated heterocycles. The van der Waals surface area contributed by atoms with Crippen molar-refractivity contribution in [2.75, 3.05) is 56.0 Å². The number of carboxylic acids is 2. The Labute approximate surface area is 399 Å². The Morgan fingerprint density at radius 3 is 2.42 bits per heavy atom. The number of rotatable bonds is 15. The number of carboxylic acid groups (broad SMARTS) is 2. The van der Waals surface area contributed by atoms with Gasteiger partial charge in [-0.1, -0.05) is 48.0 Å². The number of likely N-dealkylation sites (tertiary alicyclic amines) is 1. The third kappa shape index (κ3) is 10.4. The second-order valence-corrected chi connectivity index (χ2v) is 21.8. The minimum absolute atomic E-state index is 0.00975. The van der Waals surface area contributed by atoms with Crippen molar-refractivity contribution in [2.24, 2.45) is 5.92 Å². The van der Waals surface area contributed by atoms with Crippen LogP contribution in [0.15, 0.2) is 66.7 Å². The Morgan fingerprint density at radius 2 is 1.72 bits per heavy atom. The largest absolute Gasteiger partial charge is 0.479 e. The molecule has 3 aromatic carbocycles. The molecular weight excluding hydrogens is 922 g/mol. The highest BCUT2D eigenvalue weighted by Gasteiger charge is 2.44. The second kappa shape index (κ2) is 19.6. The van der Waals surface area contributed by atoms with Crippen molar-refractivity contribution in [1.82, 2.24) is 19.5 Å². The number of nitrogens with zero attached hydrogens (tertiary/aromatic N) is 4. The summed E-state index contributed by atoms with van der Waals surface area (Å²) in [6, 6.07) is 20.8. The molecule has 0 saturated carbocycles. The summed E-state index contributed by atoms with van der Waals surface area (Å²) < 4.78 is 34.9. The zero-order chi connectivity index (χ0) is 47.9. The summed E-state index contributed by atoms with van der Waals surface area (Å²) in [5.41, 5.74) is 5.26. The number of aliphatic carboxylic acids is 1. The first-order valence-corrected chi connectivity index (χ1v) is 25.2. The number of thiophene rings is 1. The average Bonchev–Trinajstić information content (AvgIpc) is 3.73. The molecule has 4 aliphatic rings. The van der Waals surface area contributed by atoms with Crippen LogP contribution >= 0.6 is 22.9 Å². The molecule has 67 heavy (non-hydrogen) atoms. The molecule has 0 bridgehead atoms. The molecule has 0 aliphatic carbocycles. The van der Waals surface area contributed by atoms with Crippen LogP contribution < -0.4 is 25.7 Å². The zero-order valence-corrected chi connectivity index (χ0v) is 40.2. The van der Waals surface area contributed by atoms with Crippen LogP contribution in [0.3, 0.4) is 0 Å². The summed E-state index contributed by atoms with van der Waals surface area (Å²) in [5.74, 6) is -2.91. The van der Waals surface area contributed by atoms with E-state index in [1.165, 1.54) is 5.56 Å². The molecule has 3 fully saturated rings. The fourth-order valence-corrected chi connectivity index (χ4v) is 13.7. The number of nitrogens with one attached hydrogen (secondary N) is 3. The van der Waals surface area contributed by atoms with Crippen LogP contribution in [0.25, 0.3) is 10.4 Å². The van der Waals surface area contributed by atoms with E-state index < -0.39 is 46.7 Å². The molecule has 0 radical (unpaired) electrons. The Hall–Kier alpha value is -4.99. The zero-order valence-electron chi connectivity index (χ0n) is 37.8. The number of aliphatic hydroxyl groups is 2. The van der Waals surface area contributed by atoms with Crippen molar-refractivity contribution < 1.29 is 48.0 Å². The van der Waals surface area contributed by atoms with Crippen molar-refractivity contribution in [3.05, 3.63) is 93.3 Å². The number of ether oxygens (including phenoxy) is 1. The van der Waals surface area contributed by atoms with Gasteiger partial charge in [0, 0.05) is 69.0 Å². The summed E-state index contributed by atoms with van der Waals surface area (Å²) >= 11 is 7.42. The van der Waals surface area contributed by atoms with Gasteiger partial charge >= 0.3 is 11.9 Å². The highest BCUT2D eigenvalue weighted by molar-refractivity contribution is 7.88. The van der Waals surface area contributed by atoms with E-state index in [9.17, 15) is 38.1 Å². The number of aliphatic hydroxyl groups excluding tert-OH is 2. The van der Waals surface area contributed by atoms with Gasteiger partial charge in [0.15, 0.2) is 23.6 Å². The molecule has 360 valence electrons. The Kier molecular flexibility index (Phi) is 14.1. The number of carbonyl (C=O) groups excluding carboxylic acids is 1. The summed E-state index contributed by atoms with van der Waals surface area (Å²) in [6.07, 6.45) is 1.86. The maximum atomic E-state index is 14.1. The van der Waals surface area contributed by atoms with Crippen LogP contribution in [-0.4, -0.2) is 125 Å². The number of hydrogen-bond donors (Lipinski definition) is 7. The molecule has 8 rings (SSSR count). The van der Waals surface area contributed by atoms with Crippen molar-refractivity contribution in [2.45, 2.75) is 94.2 Å². The summed E-state index contributed by atoms with van der Waals surface area (Å²) in [5, 5.41) is 54.5. The van der Waals surface area contributed by atoms with Gasteiger partial charge in [-0.25, -0.2) is 23.0 Å². The van der Waals surface area contributed by atoms with Crippen molar-refractivity contribution in [3.63, 3.8) is 0 Å². The highest BCUT2D eigenvalue weighted by Crippen LogP contribution is 2.48. The number of anilines is 3. The number of sulfonamides is 1. The lowest BCUT2D eigenvalue weighted by Crippen LogP contribution is -2.55. The quantitative estimate of drug-likeness (QED) is 0.0663. The maximum absolute atomic E-state index is 14.1. The number of hydrogen-bond acceptors (Lipinski definition) is 14. The molecule has 5 heterocycles. The molecule has 0 spiro atoms. The third-order valence-corrected chi connectivity index (χ3v) is 17.3. The average molecular weight is 981 g/mol. The fraction of sp³-hybridized carbons (Fsp3) is 0.468. The summed E-state index contributed by atoms with van der Waals surface area (Å²) in [4.78, 5) is 37.1. The van der Waals surface area contributed by atoms with E-state index >= 15 is 0 Å². The van der Waals surface area contributed by atoms with Crippen LogP contribution in [0.5, 0.6) is 5.75 Å². The van der Waals surface area contributed by atoms with Crippen LogP contribution in [0, 0.1) is 5.92 Å². The minimum Gasteiger partial charge on any atom is -0.479 e. The standard InChI is InChI=1S/C47H58ClN7O10S2/c1-47(2)24-33(49-32-10-6-8-30(22-32)42-39(48)41(65-25-38(57)58)43(66-42)45(60)61)17-20-55(47)67(63,64)26-27-7-5-9-31(21-27)50-46(62)54-18-15-28(16-19-54)29-11-12-34-36(23-29)52(3)53(4)40(34)35-13-14-37(56)51-44(35)59/h5-12,21-23,28,33,35,40,44,46,49-50,59,62H,13-20,24-26H2,1-4H3,(H,51,56)(H,57,58)(H,60,61)/t33-,35?,40?,44?,46?/m0/s1. The van der Waals surface area contributed by atoms with Gasteiger partial charge in [0.25, 0.3) is 0 Å². The van der Waals surface area contributed by atoms with E-state index in [1.807, 2.05) is 51.0 Å². The predicted octanol–water partition coefficient (Wildman–Crippen LogP) is 6.16. The lowest BCUT2D eigenvalue weighted by atomic mass is 9.83. The van der Waals surface area contributed by atoms with E-state index in [4.69, 9.17) is 21.4 Å². The van der Waals surface area contributed by atoms with Gasteiger partial charge < -0.3 is 46.1 Å². The first kappa shape index (κ1) is 48.5. The SMILES string of the molecule is CN1c2cc(C3CCN(C(O)Nc4cccc(CS(=O)(=O)N5CC[C@H](Nc6cccc(-c7sc(C(=O)O)c(OCC(=O)O)c7Cl)c6)CC5(C)C)c4)CC3)ccc2C(C2CCC(=O)NC2O)N1C. The smallest absolute Gasteiger partial charge is 0.349 e. The Morgan fingerprint density at radius 1 is 0.985 bits per heavy atom. The second-order valence-electron chi connectivity index (χ2n) is 18.6. The van der Waals surface area contributed by atoms with Gasteiger partial charge in [0.1, 0.15) is 11.3 Å². The van der Waals surface area contributed by atoms with Crippen LogP contribution in [0.2, 0.25) is 5.02 Å². The van der Waals surface area contributed by atoms with Crippen molar-refractivity contribution in [1.29, 1.82) is 0 Å². The highest BCUT2D eigenvalue weighted by atomic mass is 35.5. The van der Waals surface area contributed by atoms with Crippen LogP contribution in [0.1, 0.15) is 90.7 Å². The van der Waals surface area contributed by atoms with E-state index in [0.717, 1.165) is 41.1 Å². The van der Waals surface area contributed by atoms with E-state index in [1.54, 1.807) is 34.6 Å². The fourth-order valence-electron chi connectivity index (χ4n) is 10.3. The van der Waals surface area contributed by atoms with E-state index in [-0.39, 0.29) is 51.9 Å². The number of carbonyl (C=O) groups is 3. The first-order chi connectivity index (χ1) is 31.8. The lowest BCUT2D eigenvalue weighted by molar-refractivity contribution is -0.139. The summed E-state index contributed by atoms with van der Waals surface area (Å²) in [7, 11) is 0.268. The minimum atomic E-state index is -3.77. The summed E-state index contributed by atoms with van der Waals surface area (Å²) in [6.45, 7) is 4.68. The molecule has 1 aromatic heterocycles. The number of halogens is 1. The Bertz CT molecular complexity index is 2620. The molecule has 20 heteroatoms. The van der Waals surface area contributed by atoms with Gasteiger partial charge in [-0.2, -0.15) is 4.31 Å². The van der Waals surface area contributed by atoms with E-state index in [0.29, 0.717) is 66.4 Å². The van der Waals surface area contributed by atoms with Crippen LogP contribution in [-0.2, 0) is 25.4 Å². The van der Waals surface area contributed by atoms with Gasteiger partial charge in [0.2, 0.25) is 15.9 Å². The number of piperidine rings is 3. The monoisotopic (exact) mass is 979 g/mol. The van der Waals surface area contributed by atoms with Gasteiger partial charge in [-0.05, 0) is 104 Å². The lowest BCUT2D eigenvalue weighted by Gasteiger charge is -2.45. The predicted molar refractivity (Wildman–Crippen MR) is 257 cm³/mol. The molecule has 4 aromatic rings. The van der Waals surface area contributed by atoms with Crippen LogP contribution in [0.4, 0.5) is 17.1 Å². The molecule has 5 atom stereocenters. The van der Waals surface area contributed by atoms with Crippen molar-refractivity contribution in [3.8, 4) is 16.2 Å². The molecule has 1 amide bonds.